The molecule has 0 saturated carbocycles. The Bertz CT molecular complexity index is 3040. The van der Waals surface area contributed by atoms with Crippen molar-refractivity contribution < 1.29 is 75.8 Å². The molecule has 4 N–H and O–H groups in total. The molecule has 0 saturated heterocycles. The summed E-state index contributed by atoms with van der Waals surface area (Å²) in [5.41, 5.74) is 0. The van der Waals surface area contributed by atoms with E-state index in [1.165, 1.54) is 205 Å². The van der Waals surface area contributed by atoms with E-state index in [0.29, 0.717) is 19.3 Å². The van der Waals surface area contributed by atoms with Gasteiger partial charge in [0.05, 0.1) is 26.4 Å². The van der Waals surface area contributed by atoms with Crippen molar-refractivity contribution in [2.24, 2.45) is 0 Å². The van der Waals surface area contributed by atoms with Crippen LogP contribution in [0.5, 0.6) is 0 Å². The van der Waals surface area contributed by atoms with Crippen LogP contribution in [0, 0.1) is 0 Å². The van der Waals surface area contributed by atoms with Crippen molar-refractivity contribution in [2.45, 2.75) is 450 Å². The van der Waals surface area contributed by atoms with Crippen molar-refractivity contribution in [1.29, 1.82) is 0 Å². The summed E-state index contributed by atoms with van der Waals surface area (Å²) in [7, 11) is -9.82. The molecule has 0 aromatic heterocycles. The van der Waals surface area contributed by atoms with Crippen molar-refractivity contribution >= 4 is 33.6 Å². The Morgan fingerprint density at radius 1 is 0.228 bits per heavy atom. The number of carbonyl (C=O) groups is 3. The molecule has 0 radical (unpaired) electrons. The van der Waals surface area contributed by atoms with Crippen LogP contribution in [0.3, 0.4) is 0 Å². The van der Waals surface area contributed by atoms with Gasteiger partial charge in [-0.2, -0.15) is 0 Å². The lowest BCUT2D eigenvalue weighted by Crippen LogP contribution is -2.30. The summed E-state index contributed by atoms with van der Waals surface area (Å²) in [4.78, 5) is 59.2. The fourth-order valence-corrected chi connectivity index (χ4v) is 15.5. The summed E-state index contributed by atoms with van der Waals surface area (Å²) < 4.78 is 61.7. The number of ether oxygens (including phenoxy) is 3. The zero-order chi connectivity index (χ0) is 92.1. The monoisotopic (exact) mass is 1810 g/mol. The lowest BCUT2D eigenvalue weighted by Gasteiger charge is -2.21. The van der Waals surface area contributed by atoms with Gasteiger partial charge in [-0.25, -0.2) is 9.13 Å². The third kappa shape index (κ3) is 101. The highest BCUT2D eigenvalue weighted by Gasteiger charge is 2.30. The Hall–Kier alpha value is -5.35. The lowest BCUT2D eigenvalue weighted by atomic mass is 10.0. The van der Waals surface area contributed by atoms with Gasteiger partial charge in [0.1, 0.15) is 25.4 Å². The Labute approximate surface area is 776 Å². The average molecular weight is 1810 g/mol. The van der Waals surface area contributed by atoms with Gasteiger partial charge in [0.25, 0.3) is 0 Å². The van der Waals surface area contributed by atoms with Crippen molar-refractivity contribution in [3.63, 3.8) is 0 Å². The number of phosphoric ester groups is 2. The zero-order valence-corrected chi connectivity index (χ0v) is 82.4. The van der Waals surface area contributed by atoms with Crippen LogP contribution >= 0.6 is 15.6 Å². The molecule has 0 spiro atoms. The fourth-order valence-electron chi connectivity index (χ4n) is 13.9. The van der Waals surface area contributed by atoms with E-state index in [1.54, 1.807) is 0 Å². The molecular formula is C109H186O16P2. The molecular weight excluding hydrogens is 1630 g/mol. The molecule has 0 rings (SSSR count). The maximum atomic E-state index is 13.1. The molecule has 728 valence electrons. The average Bonchev–Trinajstić information content (AvgIpc) is 0.899. The molecule has 0 bridgehead atoms. The molecule has 0 aliphatic rings. The summed E-state index contributed by atoms with van der Waals surface area (Å²) in [6.45, 7) is 2.49. The minimum Gasteiger partial charge on any atom is -0.463 e. The van der Waals surface area contributed by atoms with Gasteiger partial charge in [0, 0.05) is 19.3 Å². The van der Waals surface area contributed by atoms with Gasteiger partial charge in [0.2, 0.25) is 0 Å². The van der Waals surface area contributed by atoms with Gasteiger partial charge in [-0.15, -0.1) is 0 Å². The summed E-state index contributed by atoms with van der Waals surface area (Å²) in [6, 6.07) is 0. The molecule has 0 aliphatic carbocycles. The van der Waals surface area contributed by atoms with E-state index in [2.05, 4.69) is 203 Å². The molecule has 0 aromatic carbocycles. The Morgan fingerprint density at radius 3 is 0.661 bits per heavy atom. The molecule has 0 aromatic rings. The molecule has 0 aliphatic heterocycles. The molecule has 0 amide bonds. The normalized spacial score (nSPS) is 14.4. The van der Waals surface area contributed by atoms with Crippen LogP contribution in [0.4, 0.5) is 0 Å². The van der Waals surface area contributed by atoms with Crippen molar-refractivity contribution in [3.8, 4) is 0 Å². The molecule has 0 fully saturated rings. The second-order valence-electron chi connectivity index (χ2n) is 33.9. The van der Waals surface area contributed by atoms with Crippen molar-refractivity contribution in [3.05, 3.63) is 182 Å². The number of aliphatic hydroxyl groups is 2. The van der Waals surface area contributed by atoms with Crippen LogP contribution in [0.1, 0.15) is 432 Å². The Morgan fingerprint density at radius 2 is 0.417 bits per heavy atom. The smallest absolute Gasteiger partial charge is 0.463 e. The quantitative estimate of drug-likeness (QED) is 0.0146. The predicted molar refractivity (Wildman–Crippen MR) is 537 cm³/mol. The second-order valence-corrected chi connectivity index (χ2v) is 36.8. The van der Waals surface area contributed by atoms with E-state index in [-0.39, 0.29) is 19.3 Å². The predicted octanol–water partition coefficient (Wildman–Crippen LogP) is 32.3. The van der Waals surface area contributed by atoms with Crippen LogP contribution in [-0.4, -0.2) is 95.9 Å². The number of carbonyl (C=O) groups excluding carboxylic acids is 3. The zero-order valence-electron chi connectivity index (χ0n) is 80.6. The first kappa shape index (κ1) is 122. The number of hydrogen-bond donors (Lipinski definition) is 4. The number of phosphoric acid groups is 2. The minimum absolute atomic E-state index is 0.0940. The third-order valence-corrected chi connectivity index (χ3v) is 23.5. The largest absolute Gasteiger partial charge is 0.472 e. The number of rotatable bonds is 96. The maximum absolute atomic E-state index is 13.1. The van der Waals surface area contributed by atoms with E-state index in [9.17, 15) is 43.5 Å². The first-order valence-corrected chi connectivity index (χ1v) is 54.1. The number of hydrogen-bond acceptors (Lipinski definition) is 14. The van der Waals surface area contributed by atoms with E-state index in [1.807, 2.05) is 0 Å². The number of esters is 3. The van der Waals surface area contributed by atoms with Gasteiger partial charge < -0.3 is 34.2 Å². The fraction of sp³-hybridized carbons (Fsp3) is 0.697. The highest BCUT2D eigenvalue weighted by Crippen LogP contribution is 2.45. The first-order chi connectivity index (χ1) is 62.2. The van der Waals surface area contributed by atoms with Crippen LogP contribution < -0.4 is 0 Å². The summed E-state index contributed by atoms with van der Waals surface area (Å²) in [5, 5.41) is 20.8. The summed E-state index contributed by atoms with van der Waals surface area (Å²) in [6.07, 6.45) is 132. The number of unbranched alkanes of at least 4 members (excludes halogenated alkanes) is 43. The molecule has 127 heavy (non-hydrogen) atoms. The summed E-state index contributed by atoms with van der Waals surface area (Å²) >= 11 is 0. The van der Waals surface area contributed by atoms with Crippen LogP contribution in [0.2, 0.25) is 0 Å². The Kier molecular flexibility index (Phi) is 95.5. The Balaban J connectivity index is 4.60. The van der Waals surface area contributed by atoms with Crippen LogP contribution in [0.25, 0.3) is 0 Å². The molecule has 18 heteroatoms. The first-order valence-electron chi connectivity index (χ1n) is 51.1. The molecule has 0 heterocycles. The van der Waals surface area contributed by atoms with Crippen LogP contribution in [0.15, 0.2) is 182 Å². The second kappa shape index (κ2) is 99.7. The van der Waals surface area contributed by atoms with Crippen molar-refractivity contribution in [2.75, 3.05) is 39.6 Å². The van der Waals surface area contributed by atoms with Gasteiger partial charge in [-0.3, -0.25) is 32.5 Å². The van der Waals surface area contributed by atoms with Gasteiger partial charge in [0.15, 0.2) is 6.10 Å². The van der Waals surface area contributed by atoms with Gasteiger partial charge in [-0.1, -0.05) is 434 Å². The topological polar surface area (TPSA) is 231 Å². The van der Waals surface area contributed by atoms with Gasteiger partial charge >= 0.3 is 33.6 Å². The highest BCUT2D eigenvalue weighted by atomic mass is 31.2. The standard InChI is InChI=1S/C109H186O16P2/c1-4-7-10-13-16-19-22-25-28-31-34-37-40-43-45-47-49-51-53-55-57-60-62-65-68-71-74-77-80-83-86-89-92-95-107(112)119-98-104(110)99-121-126(115,116)122-100-105(111)101-123-127(117,118)124-103-106(125-109(114)97-94-91-88-85-82-79-76-73-70-67-64-59-42-39-36-33-30-27-24-21-18-15-12-9-6-3)102-120-108(113)96-93-90-87-84-81-78-75-72-69-66-63-61-58-56-54-52-50-48-46-44-41-38-35-32-29-26-23-20-17-14-11-8-5-2/h7,9-10,12,16-21,25-30,34-39,43-46,49,51,59,64,104-106,110-111H,4-6,8,11,13-15,22-24,31-33,40-42,47-48,50,52-58,60-63,65-103H2,1-3H3,(H,115,116)(H,117,118)/b10-7-,12-9-,19-16-,20-17-,21-18-,28-25-,29-26-,30-27-,37-34-,38-35-,39-36-,45-43-,46-44-,51-49-,64-59-. The molecule has 5 unspecified atom stereocenters. The lowest BCUT2D eigenvalue weighted by molar-refractivity contribution is -0.161. The number of aliphatic hydroxyl groups excluding tert-OH is 2. The van der Waals surface area contributed by atoms with E-state index in [4.69, 9.17) is 32.3 Å². The van der Waals surface area contributed by atoms with Crippen molar-refractivity contribution in [1.82, 2.24) is 0 Å². The molecule has 16 nitrogen and oxygen atoms in total. The third-order valence-electron chi connectivity index (χ3n) is 21.6. The van der Waals surface area contributed by atoms with E-state index < -0.39 is 91.5 Å². The molecule has 5 atom stereocenters. The van der Waals surface area contributed by atoms with Gasteiger partial charge in [-0.05, 0) is 161 Å². The SMILES string of the molecule is CC/C=C\C/C=C\C/C=C\C/C=C\C/C=C\C/C=C\CCCCCCCCCCCCCCCCC(=O)OCC(O)COP(=O)(O)OCC(O)COP(=O)(O)OCC(COC(=O)CCCCCCCCCCCCCCCCCCC/C=C\C/C=C\C/C=C\C/C=C\CCCCC)OC(=O)CCCCCCCCCCC/C=C\C/C=C\C/C=C\C/C=C\C/C=C\CC. The highest BCUT2D eigenvalue weighted by molar-refractivity contribution is 7.47. The minimum atomic E-state index is -4.95. The van der Waals surface area contributed by atoms with E-state index in [0.717, 1.165) is 167 Å². The maximum Gasteiger partial charge on any atom is 0.472 e. The number of allylic oxidation sites excluding steroid dienone is 30. The van der Waals surface area contributed by atoms with E-state index >= 15 is 0 Å². The van der Waals surface area contributed by atoms with Crippen LogP contribution in [-0.2, 0) is 55.8 Å². The summed E-state index contributed by atoms with van der Waals surface area (Å²) in [5.74, 6) is -1.57.